The molecule has 0 aromatic rings. The highest BCUT2D eigenvalue weighted by molar-refractivity contribution is 6.06. The molecule has 1 rings (SSSR count). The first kappa shape index (κ1) is 19.7. The van der Waals surface area contributed by atoms with Gasteiger partial charge < -0.3 is 9.64 Å². The summed E-state index contributed by atoms with van der Waals surface area (Å²) in [5, 5.41) is 0. The average Bonchev–Trinajstić information content (AvgIpc) is 2.55. The lowest BCUT2D eigenvalue weighted by molar-refractivity contribution is -0.153. The SMILES string of the molecule is C=CC1CCN(CCCC)C(=NCCCC)C1(C)C(=O)OCC. The molecule has 23 heavy (non-hydrogen) atoms. The molecule has 2 atom stereocenters. The molecule has 1 aliphatic rings. The number of esters is 1. The summed E-state index contributed by atoms with van der Waals surface area (Å²) < 4.78 is 5.41. The topological polar surface area (TPSA) is 41.9 Å². The molecule has 2 unspecified atom stereocenters. The van der Waals surface area contributed by atoms with Crippen LogP contribution in [0.2, 0.25) is 0 Å². The van der Waals surface area contributed by atoms with Crippen molar-refractivity contribution in [1.29, 1.82) is 0 Å². The van der Waals surface area contributed by atoms with Crippen molar-refractivity contribution in [1.82, 2.24) is 4.90 Å². The lowest BCUT2D eigenvalue weighted by Crippen LogP contribution is -2.56. The predicted molar refractivity (Wildman–Crippen MR) is 96.7 cm³/mol. The molecule has 132 valence electrons. The maximum atomic E-state index is 12.8. The van der Waals surface area contributed by atoms with Gasteiger partial charge in [0.1, 0.15) is 11.3 Å². The summed E-state index contributed by atoms with van der Waals surface area (Å²) in [6, 6.07) is 0. The molecular formula is C19H34N2O2. The van der Waals surface area contributed by atoms with Gasteiger partial charge in [0.05, 0.1) is 6.61 Å². The van der Waals surface area contributed by atoms with Gasteiger partial charge >= 0.3 is 5.97 Å². The highest BCUT2D eigenvalue weighted by Gasteiger charge is 2.50. The number of likely N-dealkylation sites (tertiary alicyclic amines) is 1. The van der Waals surface area contributed by atoms with Crippen molar-refractivity contribution in [3.8, 4) is 0 Å². The van der Waals surface area contributed by atoms with Gasteiger partial charge in [-0.15, -0.1) is 6.58 Å². The summed E-state index contributed by atoms with van der Waals surface area (Å²) >= 11 is 0. The van der Waals surface area contributed by atoms with Crippen LogP contribution in [0.4, 0.5) is 0 Å². The van der Waals surface area contributed by atoms with Crippen molar-refractivity contribution in [3.63, 3.8) is 0 Å². The summed E-state index contributed by atoms with van der Waals surface area (Å²) in [5.41, 5.74) is -0.711. The van der Waals surface area contributed by atoms with Crippen LogP contribution >= 0.6 is 0 Å². The molecular weight excluding hydrogens is 288 g/mol. The van der Waals surface area contributed by atoms with Crippen molar-refractivity contribution < 1.29 is 9.53 Å². The van der Waals surface area contributed by atoms with E-state index in [1.807, 2.05) is 19.9 Å². The lowest BCUT2D eigenvalue weighted by Gasteiger charge is -2.45. The first-order valence-electron chi connectivity index (χ1n) is 9.15. The standard InChI is InChI=1S/C19H34N2O2/c1-6-10-13-20-17-19(5,18(22)23-9-4)16(8-3)12-15-21(17)14-11-7-2/h8,16H,3,6-7,9-15H2,1-2,4-5H3. The van der Waals surface area contributed by atoms with E-state index in [2.05, 4.69) is 25.3 Å². The third-order valence-electron chi connectivity index (χ3n) is 4.75. The molecule has 0 radical (unpaired) electrons. The number of aliphatic imine (C=N–C) groups is 1. The molecule has 0 spiro atoms. The quantitative estimate of drug-likeness (QED) is 0.365. The molecule has 4 heteroatoms. The Morgan fingerprint density at radius 2 is 2.09 bits per heavy atom. The predicted octanol–water partition coefficient (Wildman–Crippen LogP) is 4.06. The number of allylic oxidation sites excluding steroid dienone is 1. The first-order valence-corrected chi connectivity index (χ1v) is 9.15. The van der Waals surface area contributed by atoms with Crippen LogP contribution in [0.5, 0.6) is 0 Å². The van der Waals surface area contributed by atoms with Crippen LogP contribution < -0.4 is 0 Å². The van der Waals surface area contributed by atoms with Crippen LogP contribution in [0.25, 0.3) is 0 Å². The fourth-order valence-corrected chi connectivity index (χ4v) is 3.23. The second-order valence-electron chi connectivity index (χ2n) is 6.45. The molecule has 4 nitrogen and oxygen atoms in total. The van der Waals surface area contributed by atoms with Crippen LogP contribution in [0.1, 0.15) is 59.8 Å². The summed E-state index contributed by atoms with van der Waals surface area (Å²) in [6.07, 6.45) is 7.23. The zero-order chi connectivity index (χ0) is 17.3. The fraction of sp³-hybridized carbons (Fsp3) is 0.789. The number of carbonyl (C=O) groups is 1. The molecule has 1 aliphatic heterocycles. The number of hydrogen-bond acceptors (Lipinski definition) is 3. The maximum Gasteiger partial charge on any atom is 0.320 e. The molecule has 0 aliphatic carbocycles. The molecule has 0 N–H and O–H groups in total. The average molecular weight is 322 g/mol. The van der Waals surface area contributed by atoms with Crippen LogP contribution in [-0.2, 0) is 9.53 Å². The third kappa shape index (κ3) is 4.58. The highest BCUT2D eigenvalue weighted by Crippen LogP contribution is 2.39. The number of nitrogens with zero attached hydrogens (tertiary/aromatic N) is 2. The Balaban J connectivity index is 3.18. The van der Waals surface area contributed by atoms with Crippen molar-refractivity contribution in [2.45, 2.75) is 59.8 Å². The van der Waals surface area contributed by atoms with E-state index in [-0.39, 0.29) is 11.9 Å². The lowest BCUT2D eigenvalue weighted by atomic mass is 9.71. The summed E-state index contributed by atoms with van der Waals surface area (Å²) in [5.74, 6) is 0.829. The van der Waals surface area contributed by atoms with Gasteiger partial charge in [0.15, 0.2) is 0 Å². The maximum absolute atomic E-state index is 12.8. The van der Waals surface area contributed by atoms with E-state index in [4.69, 9.17) is 9.73 Å². The minimum Gasteiger partial charge on any atom is -0.465 e. The van der Waals surface area contributed by atoms with E-state index in [1.165, 1.54) is 0 Å². The number of piperidine rings is 1. The van der Waals surface area contributed by atoms with E-state index in [0.29, 0.717) is 6.61 Å². The number of ether oxygens (including phenoxy) is 1. The molecule has 0 amide bonds. The molecule has 1 saturated heterocycles. The Kier molecular flexibility index (Phi) is 8.35. The van der Waals surface area contributed by atoms with Crippen LogP contribution in [0.15, 0.2) is 17.6 Å². The minimum absolute atomic E-state index is 0.0832. The van der Waals surface area contributed by atoms with Gasteiger partial charge in [-0.1, -0.05) is 32.8 Å². The van der Waals surface area contributed by atoms with Gasteiger partial charge in [0.2, 0.25) is 0 Å². The Labute approximate surface area is 142 Å². The minimum atomic E-state index is -0.711. The number of hydrogen-bond donors (Lipinski definition) is 0. The van der Waals surface area contributed by atoms with Gasteiger partial charge in [-0.25, -0.2) is 0 Å². The zero-order valence-corrected chi connectivity index (χ0v) is 15.4. The molecule has 0 aromatic carbocycles. The molecule has 0 bridgehead atoms. The second-order valence-corrected chi connectivity index (χ2v) is 6.45. The van der Waals surface area contributed by atoms with E-state index in [0.717, 1.165) is 57.6 Å². The summed E-state index contributed by atoms with van der Waals surface area (Å²) in [6.45, 7) is 15.2. The van der Waals surface area contributed by atoms with E-state index in [9.17, 15) is 4.79 Å². The van der Waals surface area contributed by atoms with Crippen molar-refractivity contribution in [2.75, 3.05) is 26.2 Å². The van der Waals surface area contributed by atoms with Crippen molar-refractivity contribution >= 4 is 11.8 Å². The van der Waals surface area contributed by atoms with Crippen LogP contribution in [0.3, 0.4) is 0 Å². The van der Waals surface area contributed by atoms with Gasteiger partial charge in [-0.05, 0) is 33.1 Å². The Morgan fingerprint density at radius 1 is 1.39 bits per heavy atom. The molecule has 0 aromatic heterocycles. The summed E-state index contributed by atoms with van der Waals surface area (Å²) in [4.78, 5) is 19.9. The van der Waals surface area contributed by atoms with Crippen molar-refractivity contribution in [3.05, 3.63) is 12.7 Å². The smallest absolute Gasteiger partial charge is 0.320 e. The van der Waals surface area contributed by atoms with Crippen molar-refractivity contribution in [2.24, 2.45) is 16.3 Å². The largest absolute Gasteiger partial charge is 0.465 e. The zero-order valence-electron chi connectivity index (χ0n) is 15.4. The molecule has 1 heterocycles. The summed E-state index contributed by atoms with van der Waals surface area (Å²) in [7, 11) is 0. The monoisotopic (exact) mass is 322 g/mol. The van der Waals surface area contributed by atoms with Crippen LogP contribution in [0, 0.1) is 11.3 Å². The Bertz CT molecular complexity index is 420. The Hall–Kier alpha value is -1.32. The Morgan fingerprint density at radius 3 is 2.65 bits per heavy atom. The number of rotatable bonds is 9. The fourth-order valence-electron chi connectivity index (χ4n) is 3.23. The molecule has 0 saturated carbocycles. The van der Waals surface area contributed by atoms with Gasteiger partial charge in [0.25, 0.3) is 0 Å². The van der Waals surface area contributed by atoms with E-state index < -0.39 is 5.41 Å². The van der Waals surface area contributed by atoms with Crippen LogP contribution in [-0.4, -0.2) is 42.9 Å². The van der Waals surface area contributed by atoms with Gasteiger partial charge in [-0.2, -0.15) is 0 Å². The first-order chi connectivity index (χ1) is 11.1. The van der Waals surface area contributed by atoms with E-state index in [1.54, 1.807) is 0 Å². The van der Waals surface area contributed by atoms with E-state index >= 15 is 0 Å². The highest BCUT2D eigenvalue weighted by atomic mass is 16.5. The normalized spacial score (nSPS) is 26.3. The second kappa shape index (κ2) is 9.74. The number of amidine groups is 1. The number of unbranched alkanes of at least 4 members (excludes halogenated alkanes) is 2. The third-order valence-corrected chi connectivity index (χ3v) is 4.75. The van der Waals surface area contributed by atoms with Gasteiger partial charge in [-0.3, -0.25) is 9.79 Å². The molecule has 1 fully saturated rings. The number of carbonyl (C=O) groups excluding carboxylic acids is 1. The van der Waals surface area contributed by atoms with Gasteiger partial charge in [0, 0.05) is 25.6 Å².